The Hall–Kier alpha value is -0.830. The third-order valence-electron chi connectivity index (χ3n) is 4.59. The Balaban J connectivity index is 1.91. The summed E-state index contributed by atoms with van der Waals surface area (Å²) in [6.07, 6.45) is 9.16. The molecule has 3 aliphatic rings. The molecule has 2 fully saturated rings. The number of carboxylic acid groups (broad SMARTS) is 1. The molecule has 1 saturated heterocycles. The molecule has 1 saturated carbocycles. The van der Waals surface area contributed by atoms with Gasteiger partial charge in [0.05, 0.1) is 6.10 Å². The number of hydrogen-bond donors (Lipinski definition) is 1. The van der Waals surface area contributed by atoms with E-state index in [9.17, 15) is 9.90 Å². The molecular formula is C13H18O3. The normalized spacial score (nSPS) is 46.1. The van der Waals surface area contributed by atoms with Crippen LogP contribution < -0.4 is 0 Å². The highest BCUT2D eigenvalue weighted by molar-refractivity contribution is 5.77. The van der Waals surface area contributed by atoms with Crippen molar-refractivity contribution in [3.8, 4) is 0 Å². The maximum absolute atomic E-state index is 11.7. The monoisotopic (exact) mass is 222 g/mol. The smallest absolute Gasteiger partial charge is 0.312 e. The Morgan fingerprint density at radius 1 is 1.38 bits per heavy atom. The molecule has 2 bridgehead atoms. The van der Waals surface area contributed by atoms with Crippen LogP contribution in [0.2, 0.25) is 0 Å². The number of aliphatic carboxylic acids is 1. The third kappa shape index (κ3) is 1.27. The van der Waals surface area contributed by atoms with Gasteiger partial charge in [0.2, 0.25) is 0 Å². The topological polar surface area (TPSA) is 46.5 Å². The number of carboxylic acids is 1. The molecule has 1 heterocycles. The molecule has 3 rings (SSSR count). The van der Waals surface area contributed by atoms with Crippen molar-refractivity contribution in [3.05, 3.63) is 12.2 Å². The van der Waals surface area contributed by atoms with Crippen LogP contribution in [0, 0.1) is 17.3 Å². The predicted molar refractivity (Wildman–Crippen MR) is 59.0 cm³/mol. The van der Waals surface area contributed by atoms with Crippen LogP contribution in [0.5, 0.6) is 0 Å². The lowest BCUT2D eigenvalue weighted by Crippen LogP contribution is -2.48. The fourth-order valence-corrected chi connectivity index (χ4v) is 3.79. The fourth-order valence-electron chi connectivity index (χ4n) is 3.79. The molecule has 88 valence electrons. The van der Waals surface area contributed by atoms with Gasteiger partial charge in [0.1, 0.15) is 5.41 Å². The number of hydrogen-bond acceptors (Lipinski definition) is 2. The number of ether oxygens (including phenoxy) is 1. The highest BCUT2D eigenvalue weighted by atomic mass is 16.5. The lowest BCUT2D eigenvalue weighted by Gasteiger charge is -2.40. The van der Waals surface area contributed by atoms with Crippen molar-refractivity contribution in [2.24, 2.45) is 17.3 Å². The molecule has 3 nitrogen and oxygen atoms in total. The van der Waals surface area contributed by atoms with Crippen molar-refractivity contribution in [1.82, 2.24) is 0 Å². The molecular weight excluding hydrogens is 204 g/mol. The van der Waals surface area contributed by atoms with E-state index in [1.54, 1.807) is 0 Å². The van der Waals surface area contributed by atoms with Gasteiger partial charge in [-0.05, 0) is 43.9 Å². The van der Waals surface area contributed by atoms with Gasteiger partial charge in [0.25, 0.3) is 0 Å². The van der Waals surface area contributed by atoms with Gasteiger partial charge in [0.15, 0.2) is 0 Å². The second-order valence-corrected chi connectivity index (χ2v) is 5.39. The minimum Gasteiger partial charge on any atom is -0.481 e. The summed E-state index contributed by atoms with van der Waals surface area (Å²) in [6.45, 7) is 0.737. The molecule has 2 aliphatic carbocycles. The van der Waals surface area contributed by atoms with Gasteiger partial charge in [-0.1, -0.05) is 12.2 Å². The largest absolute Gasteiger partial charge is 0.481 e. The number of carbonyl (C=O) groups is 1. The first-order valence-corrected chi connectivity index (χ1v) is 6.27. The molecule has 0 aromatic heterocycles. The van der Waals surface area contributed by atoms with E-state index in [0.29, 0.717) is 5.92 Å². The predicted octanol–water partition coefficient (Wildman–Crippen LogP) is 2.22. The number of allylic oxidation sites excluding steroid dienone is 2. The van der Waals surface area contributed by atoms with E-state index < -0.39 is 11.4 Å². The molecule has 0 aromatic carbocycles. The van der Waals surface area contributed by atoms with Crippen LogP contribution in [-0.4, -0.2) is 23.8 Å². The Kier molecular flexibility index (Phi) is 2.32. The van der Waals surface area contributed by atoms with Crippen molar-refractivity contribution in [2.75, 3.05) is 6.61 Å². The Morgan fingerprint density at radius 3 is 2.75 bits per heavy atom. The van der Waals surface area contributed by atoms with E-state index in [2.05, 4.69) is 12.2 Å². The zero-order valence-corrected chi connectivity index (χ0v) is 9.39. The zero-order valence-electron chi connectivity index (χ0n) is 9.39. The van der Waals surface area contributed by atoms with Crippen molar-refractivity contribution in [2.45, 2.75) is 38.2 Å². The van der Waals surface area contributed by atoms with Gasteiger partial charge in [-0.2, -0.15) is 0 Å². The van der Waals surface area contributed by atoms with Crippen LogP contribution in [0.3, 0.4) is 0 Å². The lowest BCUT2D eigenvalue weighted by atomic mass is 9.69. The second kappa shape index (κ2) is 3.59. The van der Waals surface area contributed by atoms with Crippen LogP contribution in [0.15, 0.2) is 12.2 Å². The zero-order chi connectivity index (χ0) is 11.2. The molecule has 16 heavy (non-hydrogen) atoms. The van der Waals surface area contributed by atoms with E-state index >= 15 is 0 Å². The standard InChI is InChI=1S/C13H18O3/c14-12(15)13(11-3-1-2-6-16-11)8-9-4-5-10(13)7-9/h4-5,9-11H,1-3,6-8H2,(H,14,15)/t9-,10-,11+,13+/m1/s1. The van der Waals surface area contributed by atoms with E-state index in [1.807, 2.05) is 0 Å². The average Bonchev–Trinajstić information content (AvgIpc) is 2.90. The summed E-state index contributed by atoms with van der Waals surface area (Å²) in [7, 11) is 0. The molecule has 0 radical (unpaired) electrons. The highest BCUT2D eigenvalue weighted by Crippen LogP contribution is 2.56. The molecule has 1 aliphatic heterocycles. The number of fused-ring (bicyclic) bond motifs is 2. The quantitative estimate of drug-likeness (QED) is 0.729. The maximum Gasteiger partial charge on any atom is 0.312 e. The highest BCUT2D eigenvalue weighted by Gasteiger charge is 2.58. The SMILES string of the molecule is O=C(O)[C@@]1([C@@H]2CCCCO2)C[C@@H]2C=C[C@@H]1C2. The van der Waals surface area contributed by atoms with Gasteiger partial charge >= 0.3 is 5.97 Å². The van der Waals surface area contributed by atoms with Gasteiger partial charge in [-0.15, -0.1) is 0 Å². The summed E-state index contributed by atoms with van der Waals surface area (Å²) in [5.41, 5.74) is -0.611. The van der Waals surface area contributed by atoms with Crippen molar-refractivity contribution < 1.29 is 14.6 Å². The average molecular weight is 222 g/mol. The summed E-state index contributed by atoms with van der Waals surface area (Å²) >= 11 is 0. The fraction of sp³-hybridized carbons (Fsp3) is 0.769. The van der Waals surface area contributed by atoms with Crippen molar-refractivity contribution >= 4 is 5.97 Å². The van der Waals surface area contributed by atoms with Crippen LogP contribution in [0.25, 0.3) is 0 Å². The summed E-state index contributed by atoms with van der Waals surface area (Å²) in [6, 6.07) is 0. The molecule has 0 unspecified atom stereocenters. The molecule has 0 spiro atoms. The van der Waals surface area contributed by atoms with Gasteiger partial charge in [-0.3, -0.25) is 4.79 Å². The first kappa shape index (κ1) is 10.3. The van der Waals surface area contributed by atoms with Gasteiger partial charge in [0, 0.05) is 6.61 Å². The van der Waals surface area contributed by atoms with Crippen molar-refractivity contribution in [3.63, 3.8) is 0 Å². The molecule has 1 N–H and O–H groups in total. The van der Waals surface area contributed by atoms with Crippen LogP contribution in [0.1, 0.15) is 32.1 Å². The van der Waals surface area contributed by atoms with E-state index in [4.69, 9.17) is 4.74 Å². The van der Waals surface area contributed by atoms with Gasteiger partial charge < -0.3 is 9.84 Å². The van der Waals surface area contributed by atoms with Crippen molar-refractivity contribution in [1.29, 1.82) is 0 Å². The third-order valence-corrected chi connectivity index (χ3v) is 4.59. The van der Waals surface area contributed by atoms with Crippen LogP contribution >= 0.6 is 0 Å². The molecule has 0 amide bonds. The number of rotatable bonds is 2. The maximum atomic E-state index is 11.7. The molecule has 3 heteroatoms. The Morgan fingerprint density at radius 2 is 2.25 bits per heavy atom. The van der Waals surface area contributed by atoms with E-state index in [-0.39, 0.29) is 12.0 Å². The summed E-state index contributed by atoms with van der Waals surface area (Å²) in [5, 5.41) is 9.62. The molecule has 0 aromatic rings. The minimum absolute atomic E-state index is 0.0568. The van der Waals surface area contributed by atoms with Crippen LogP contribution in [0.4, 0.5) is 0 Å². The minimum atomic E-state index is -0.642. The van der Waals surface area contributed by atoms with Gasteiger partial charge in [-0.25, -0.2) is 0 Å². The molecule has 4 atom stereocenters. The lowest BCUT2D eigenvalue weighted by molar-refractivity contribution is -0.166. The summed E-state index contributed by atoms with van der Waals surface area (Å²) in [4.78, 5) is 11.7. The Bertz CT molecular complexity index is 330. The summed E-state index contributed by atoms with van der Waals surface area (Å²) in [5.74, 6) is 0.0426. The van der Waals surface area contributed by atoms with Crippen LogP contribution in [-0.2, 0) is 9.53 Å². The van der Waals surface area contributed by atoms with E-state index in [1.165, 1.54) is 0 Å². The summed E-state index contributed by atoms with van der Waals surface area (Å²) < 4.78 is 5.76. The first-order valence-electron chi connectivity index (χ1n) is 6.27. The Labute approximate surface area is 95.5 Å². The second-order valence-electron chi connectivity index (χ2n) is 5.39. The first-order chi connectivity index (χ1) is 7.73. The van der Waals surface area contributed by atoms with E-state index in [0.717, 1.165) is 38.7 Å².